The maximum absolute atomic E-state index is 12.9. The first-order valence-corrected chi connectivity index (χ1v) is 10.5. The number of likely N-dealkylation sites (tertiary alicyclic amines) is 1. The van der Waals surface area contributed by atoms with Crippen molar-refractivity contribution in [1.29, 1.82) is 0 Å². The molecule has 0 atom stereocenters. The van der Waals surface area contributed by atoms with Gasteiger partial charge >= 0.3 is 0 Å². The average molecular weight is 426 g/mol. The average Bonchev–Trinajstić information content (AvgIpc) is 2.75. The van der Waals surface area contributed by atoms with Crippen LogP contribution >= 0.6 is 11.6 Å². The molecule has 2 aromatic carbocycles. The smallest absolute Gasteiger partial charge is 0.181 e. The Balaban J connectivity index is 1.42. The van der Waals surface area contributed by atoms with Gasteiger partial charge in [0.05, 0.1) is 12.0 Å². The number of fused-ring (bicyclic) bond motifs is 1. The molecule has 2 heterocycles. The summed E-state index contributed by atoms with van der Waals surface area (Å²) < 4.78 is 6.35. The lowest BCUT2D eigenvalue weighted by Gasteiger charge is -2.44. The summed E-state index contributed by atoms with van der Waals surface area (Å²) in [7, 11) is 0. The molecule has 0 bridgehead atoms. The number of ketones is 2. The fourth-order valence-corrected chi connectivity index (χ4v) is 4.23. The number of hydrogen-bond donors (Lipinski definition) is 1. The van der Waals surface area contributed by atoms with Crippen LogP contribution < -0.4 is 4.74 Å². The number of aliphatic hydroxyl groups is 1. The van der Waals surface area contributed by atoms with Gasteiger partial charge in [0.1, 0.15) is 18.0 Å². The minimum Gasteiger partial charge on any atom is -0.486 e. The summed E-state index contributed by atoms with van der Waals surface area (Å²) >= 11 is 5.96. The Morgan fingerprint density at radius 3 is 2.60 bits per heavy atom. The number of hydrogen-bond acceptors (Lipinski definition) is 5. The first-order valence-electron chi connectivity index (χ1n) is 10.1. The molecule has 156 valence electrons. The minimum absolute atomic E-state index is 0.0751. The second kappa shape index (κ2) is 8.72. The number of Topliss-reactive ketones (excluding diaryl/α,β-unsaturated/α-hetero) is 1. The third-order valence-corrected chi connectivity index (χ3v) is 6.07. The van der Waals surface area contributed by atoms with E-state index in [1.807, 2.05) is 30.3 Å². The van der Waals surface area contributed by atoms with Crippen LogP contribution in [-0.2, 0) is 11.3 Å². The van der Waals surface area contributed by atoms with Gasteiger partial charge in [-0.15, -0.1) is 0 Å². The zero-order valence-corrected chi connectivity index (χ0v) is 17.4. The van der Waals surface area contributed by atoms with E-state index in [0.29, 0.717) is 17.7 Å². The van der Waals surface area contributed by atoms with Crippen LogP contribution in [0.2, 0.25) is 5.02 Å². The van der Waals surface area contributed by atoms with E-state index in [-0.39, 0.29) is 11.6 Å². The fraction of sp³-hybridized carbons (Fsp3) is 0.333. The summed E-state index contributed by atoms with van der Waals surface area (Å²) in [4.78, 5) is 26.5. The van der Waals surface area contributed by atoms with Gasteiger partial charge in [-0.2, -0.15) is 0 Å². The molecule has 0 aromatic heterocycles. The van der Waals surface area contributed by atoms with E-state index in [1.165, 1.54) is 11.6 Å². The number of benzene rings is 2. The zero-order chi connectivity index (χ0) is 21.1. The van der Waals surface area contributed by atoms with Gasteiger partial charge in [-0.3, -0.25) is 14.5 Å². The number of carbonyl (C=O) groups excluding carboxylic acids is 2. The van der Waals surface area contributed by atoms with E-state index in [0.717, 1.165) is 43.1 Å². The molecular weight excluding hydrogens is 402 g/mol. The molecule has 1 fully saturated rings. The molecule has 1 N–H and O–H groups in total. The Hall–Kier alpha value is -2.47. The second-order valence-electron chi connectivity index (χ2n) is 8.00. The van der Waals surface area contributed by atoms with Crippen LogP contribution in [0.3, 0.4) is 0 Å². The Morgan fingerprint density at radius 2 is 1.90 bits per heavy atom. The molecule has 0 aliphatic carbocycles. The summed E-state index contributed by atoms with van der Waals surface area (Å²) in [5.74, 6) is 0.314. The Kier molecular flexibility index (Phi) is 6.04. The fourth-order valence-electron chi connectivity index (χ4n) is 4.10. The summed E-state index contributed by atoms with van der Waals surface area (Å²) in [6, 6.07) is 13.3. The minimum atomic E-state index is -0.527. The largest absolute Gasteiger partial charge is 0.486 e. The number of piperidine rings is 1. The summed E-state index contributed by atoms with van der Waals surface area (Å²) in [6.07, 6.45) is 4.90. The molecule has 0 radical (unpaired) electrons. The van der Waals surface area contributed by atoms with Crippen molar-refractivity contribution in [2.24, 2.45) is 0 Å². The van der Waals surface area contributed by atoms with Crippen LogP contribution in [0, 0.1) is 0 Å². The third-order valence-electron chi connectivity index (χ3n) is 5.82. The lowest BCUT2D eigenvalue weighted by atomic mass is 9.82. The number of halogens is 1. The van der Waals surface area contributed by atoms with Crippen molar-refractivity contribution in [1.82, 2.24) is 4.90 Å². The van der Waals surface area contributed by atoms with Gasteiger partial charge in [0.25, 0.3) is 0 Å². The molecule has 1 saturated heterocycles. The molecule has 2 aliphatic heterocycles. The van der Waals surface area contributed by atoms with Crippen LogP contribution in [0.25, 0.3) is 6.08 Å². The highest BCUT2D eigenvalue weighted by Gasteiger charge is 2.42. The predicted molar refractivity (Wildman–Crippen MR) is 116 cm³/mol. The molecule has 5 nitrogen and oxygen atoms in total. The van der Waals surface area contributed by atoms with E-state index < -0.39 is 12.2 Å². The Morgan fingerprint density at radius 1 is 1.17 bits per heavy atom. The highest BCUT2D eigenvalue weighted by molar-refractivity contribution is 6.30. The Labute approximate surface area is 180 Å². The quantitative estimate of drug-likeness (QED) is 0.735. The molecule has 4 rings (SSSR count). The number of aliphatic hydroxyl groups excluding tert-OH is 1. The van der Waals surface area contributed by atoms with Gasteiger partial charge < -0.3 is 9.84 Å². The van der Waals surface area contributed by atoms with Crippen LogP contribution in [0.15, 0.2) is 48.5 Å². The van der Waals surface area contributed by atoms with Crippen LogP contribution in [-0.4, -0.2) is 46.9 Å². The van der Waals surface area contributed by atoms with Gasteiger partial charge in [-0.05, 0) is 41.5 Å². The molecule has 0 saturated carbocycles. The van der Waals surface area contributed by atoms with E-state index in [1.54, 1.807) is 18.2 Å². The maximum Gasteiger partial charge on any atom is 0.181 e. The molecule has 0 amide bonds. The zero-order valence-electron chi connectivity index (χ0n) is 16.6. The van der Waals surface area contributed by atoms with Gasteiger partial charge in [-0.1, -0.05) is 35.9 Å². The van der Waals surface area contributed by atoms with Crippen LogP contribution in [0.1, 0.15) is 40.7 Å². The van der Waals surface area contributed by atoms with Crippen molar-refractivity contribution in [2.45, 2.75) is 31.4 Å². The van der Waals surface area contributed by atoms with Gasteiger partial charge in [0.15, 0.2) is 11.6 Å². The number of rotatable bonds is 5. The standard InChI is InChI=1S/C24H24ClNO4/c25-19-5-1-18(2-6-19)15-26-11-9-24(10-12-26)14-22(29)21-13-17(3-7-20(28)16-27)4-8-23(21)30-24/h1-8,13,27H,9-12,14-16H2/b7-3+. The topological polar surface area (TPSA) is 66.8 Å². The number of carbonyl (C=O) groups is 2. The van der Waals surface area contributed by atoms with Crippen molar-refractivity contribution in [3.63, 3.8) is 0 Å². The van der Waals surface area contributed by atoms with Gasteiger partial charge in [0, 0.05) is 37.5 Å². The molecule has 1 spiro atoms. The number of ether oxygens (including phenoxy) is 1. The molecule has 6 heteroatoms. The normalized spacial score (nSPS) is 18.4. The van der Waals surface area contributed by atoms with E-state index in [4.69, 9.17) is 21.4 Å². The second-order valence-corrected chi connectivity index (χ2v) is 8.44. The van der Waals surface area contributed by atoms with Crippen molar-refractivity contribution >= 4 is 29.2 Å². The molecular formula is C24H24ClNO4. The van der Waals surface area contributed by atoms with Gasteiger partial charge in [-0.25, -0.2) is 0 Å². The van der Waals surface area contributed by atoms with Crippen LogP contribution in [0.5, 0.6) is 5.75 Å². The SMILES string of the molecule is O=C(/C=C/c1ccc2c(c1)C(=O)CC1(CCN(Cc3ccc(Cl)cc3)CC1)O2)CO. The lowest BCUT2D eigenvalue weighted by molar-refractivity contribution is -0.117. The highest BCUT2D eigenvalue weighted by atomic mass is 35.5. The predicted octanol–water partition coefficient (Wildman–Crippen LogP) is 3.91. The van der Waals surface area contributed by atoms with E-state index >= 15 is 0 Å². The monoisotopic (exact) mass is 425 g/mol. The molecule has 30 heavy (non-hydrogen) atoms. The van der Waals surface area contributed by atoms with Crippen molar-refractivity contribution in [3.05, 3.63) is 70.3 Å². The van der Waals surface area contributed by atoms with Crippen molar-refractivity contribution in [2.75, 3.05) is 19.7 Å². The summed E-state index contributed by atoms with van der Waals surface area (Å²) in [6.45, 7) is 2.08. The first-order chi connectivity index (χ1) is 14.5. The molecule has 0 unspecified atom stereocenters. The van der Waals surface area contributed by atoms with E-state index in [9.17, 15) is 9.59 Å². The van der Waals surface area contributed by atoms with Crippen molar-refractivity contribution in [3.8, 4) is 5.75 Å². The maximum atomic E-state index is 12.9. The third kappa shape index (κ3) is 4.64. The molecule has 2 aromatic rings. The van der Waals surface area contributed by atoms with Crippen LogP contribution in [0.4, 0.5) is 0 Å². The van der Waals surface area contributed by atoms with Gasteiger partial charge in [0.2, 0.25) is 0 Å². The highest BCUT2D eigenvalue weighted by Crippen LogP contribution is 2.40. The van der Waals surface area contributed by atoms with Crippen molar-refractivity contribution < 1.29 is 19.4 Å². The molecule has 2 aliphatic rings. The summed E-state index contributed by atoms with van der Waals surface area (Å²) in [5.41, 5.74) is 2.08. The lowest BCUT2D eigenvalue weighted by Crippen LogP contribution is -2.50. The first kappa shape index (κ1) is 20.8. The number of nitrogens with zero attached hydrogens (tertiary/aromatic N) is 1. The summed E-state index contributed by atoms with van der Waals surface area (Å²) in [5, 5.41) is 9.55. The van der Waals surface area contributed by atoms with E-state index in [2.05, 4.69) is 4.90 Å². The Bertz CT molecular complexity index is 975.